The number of pyridine rings is 1. The van der Waals surface area contributed by atoms with Crippen molar-refractivity contribution in [3.05, 3.63) is 53.3 Å². The van der Waals surface area contributed by atoms with Gasteiger partial charge in [0.25, 0.3) is 5.91 Å². The quantitative estimate of drug-likeness (QED) is 0.899. The standard InChI is InChI=1S/C14H15N3O3S/c1-9-5-11(8-16-7-9)14(18)17-13-4-3-12(6-10(13)2)21(15,19)20/h3-8H,1-2H3,(H,17,18)(H2,15,19,20). The number of aromatic nitrogens is 1. The Morgan fingerprint density at radius 1 is 1.19 bits per heavy atom. The first-order valence-electron chi connectivity index (χ1n) is 6.14. The summed E-state index contributed by atoms with van der Waals surface area (Å²) in [5.41, 5.74) is 2.44. The lowest BCUT2D eigenvalue weighted by Gasteiger charge is -2.10. The number of nitrogens with one attached hydrogen (secondary N) is 1. The molecule has 1 heterocycles. The number of nitrogens with zero attached hydrogens (tertiary/aromatic N) is 1. The Bertz CT molecular complexity index is 801. The first-order chi connectivity index (χ1) is 9.77. The molecule has 1 aromatic heterocycles. The van der Waals surface area contributed by atoms with Crippen molar-refractivity contribution >= 4 is 21.6 Å². The van der Waals surface area contributed by atoms with E-state index >= 15 is 0 Å². The molecule has 110 valence electrons. The van der Waals surface area contributed by atoms with Crippen LogP contribution >= 0.6 is 0 Å². The molecule has 1 aromatic carbocycles. The highest BCUT2D eigenvalue weighted by Crippen LogP contribution is 2.19. The Hall–Kier alpha value is -2.25. The molecule has 0 spiro atoms. The number of rotatable bonds is 3. The van der Waals surface area contributed by atoms with Gasteiger partial charge in [0.15, 0.2) is 0 Å². The maximum Gasteiger partial charge on any atom is 0.257 e. The number of anilines is 1. The second-order valence-electron chi connectivity index (χ2n) is 4.73. The van der Waals surface area contributed by atoms with Crippen LogP contribution in [-0.4, -0.2) is 19.3 Å². The summed E-state index contributed by atoms with van der Waals surface area (Å²) in [5, 5.41) is 7.78. The fourth-order valence-electron chi connectivity index (χ4n) is 1.83. The van der Waals surface area contributed by atoms with Crippen LogP contribution in [-0.2, 0) is 10.0 Å². The number of carbonyl (C=O) groups is 1. The molecule has 2 aromatic rings. The molecule has 0 atom stereocenters. The summed E-state index contributed by atoms with van der Waals surface area (Å²) in [6.45, 7) is 3.54. The summed E-state index contributed by atoms with van der Waals surface area (Å²) in [4.78, 5) is 16.1. The Kier molecular flexibility index (Phi) is 4.06. The highest BCUT2D eigenvalue weighted by Gasteiger charge is 2.12. The van der Waals surface area contributed by atoms with Gasteiger partial charge in [-0.15, -0.1) is 0 Å². The third-order valence-corrected chi connectivity index (χ3v) is 3.82. The number of carbonyl (C=O) groups excluding carboxylic acids is 1. The van der Waals surface area contributed by atoms with Gasteiger partial charge in [0.05, 0.1) is 10.5 Å². The summed E-state index contributed by atoms with van der Waals surface area (Å²) in [5.74, 6) is -0.308. The van der Waals surface area contributed by atoms with Crippen molar-refractivity contribution in [1.82, 2.24) is 4.98 Å². The molecule has 2 rings (SSSR count). The zero-order valence-electron chi connectivity index (χ0n) is 11.6. The van der Waals surface area contributed by atoms with Crippen molar-refractivity contribution in [3.8, 4) is 0 Å². The van der Waals surface area contributed by atoms with Crippen LogP contribution in [0.3, 0.4) is 0 Å². The van der Waals surface area contributed by atoms with Crippen molar-refractivity contribution in [3.63, 3.8) is 0 Å². The summed E-state index contributed by atoms with van der Waals surface area (Å²) in [6.07, 6.45) is 3.12. The van der Waals surface area contributed by atoms with Crippen molar-refractivity contribution in [1.29, 1.82) is 0 Å². The fraction of sp³-hybridized carbons (Fsp3) is 0.143. The van der Waals surface area contributed by atoms with Crippen LogP contribution in [0.15, 0.2) is 41.6 Å². The monoisotopic (exact) mass is 305 g/mol. The molecule has 7 heteroatoms. The number of sulfonamides is 1. The van der Waals surface area contributed by atoms with E-state index in [-0.39, 0.29) is 10.8 Å². The minimum atomic E-state index is -3.75. The number of amides is 1. The number of hydrogen-bond acceptors (Lipinski definition) is 4. The van der Waals surface area contributed by atoms with Crippen LogP contribution in [0.5, 0.6) is 0 Å². The molecule has 0 fully saturated rings. The SMILES string of the molecule is Cc1cncc(C(=O)Nc2ccc(S(N)(=O)=O)cc2C)c1. The molecular weight excluding hydrogens is 290 g/mol. The maximum atomic E-state index is 12.1. The average molecular weight is 305 g/mol. The Morgan fingerprint density at radius 2 is 1.90 bits per heavy atom. The van der Waals surface area contributed by atoms with E-state index in [1.165, 1.54) is 24.4 Å². The average Bonchev–Trinajstić information content (AvgIpc) is 2.39. The molecule has 0 aliphatic carbocycles. The van der Waals surface area contributed by atoms with Gasteiger partial charge in [-0.05, 0) is 49.2 Å². The predicted octanol–water partition coefficient (Wildman–Crippen LogP) is 1.60. The van der Waals surface area contributed by atoms with Crippen molar-refractivity contribution < 1.29 is 13.2 Å². The van der Waals surface area contributed by atoms with Gasteiger partial charge in [-0.1, -0.05) is 0 Å². The van der Waals surface area contributed by atoms with Crippen LogP contribution in [0.4, 0.5) is 5.69 Å². The highest BCUT2D eigenvalue weighted by molar-refractivity contribution is 7.89. The van der Waals surface area contributed by atoms with Gasteiger partial charge < -0.3 is 5.32 Å². The first-order valence-corrected chi connectivity index (χ1v) is 7.68. The van der Waals surface area contributed by atoms with E-state index in [4.69, 9.17) is 5.14 Å². The predicted molar refractivity (Wildman–Crippen MR) is 79.5 cm³/mol. The van der Waals surface area contributed by atoms with Crippen molar-refractivity contribution in [2.24, 2.45) is 5.14 Å². The molecule has 1 amide bonds. The number of primary sulfonamides is 1. The molecule has 0 unspecified atom stereocenters. The van der Waals surface area contributed by atoms with E-state index in [9.17, 15) is 13.2 Å². The van der Waals surface area contributed by atoms with E-state index in [2.05, 4.69) is 10.3 Å². The Labute approximate surface area is 123 Å². The second-order valence-corrected chi connectivity index (χ2v) is 6.29. The minimum Gasteiger partial charge on any atom is -0.322 e. The van der Waals surface area contributed by atoms with Gasteiger partial charge in [-0.2, -0.15) is 0 Å². The van der Waals surface area contributed by atoms with Crippen LogP contribution in [0.25, 0.3) is 0 Å². The molecule has 21 heavy (non-hydrogen) atoms. The minimum absolute atomic E-state index is 0.00946. The van der Waals surface area contributed by atoms with E-state index in [0.717, 1.165) is 5.56 Å². The van der Waals surface area contributed by atoms with Gasteiger partial charge in [0, 0.05) is 18.1 Å². The van der Waals surface area contributed by atoms with E-state index in [1.807, 2.05) is 6.92 Å². The van der Waals surface area contributed by atoms with Crippen LogP contribution in [0, 0.1) is 13.8 Å². The Balaban J connectivity index is 2.26. The van der Waals surface area contributed by atoms with Crippen LogP contribution in [0.1, 0.15) is 21.5 Å². The fourth-order valence-corrected chi connectivity index (χ4v) is 2.43. The van der Waals surface area contributed by atoms with Crippen LogP contribution < -0.4 is 10.5 Å². The van der Waals surface area contributed by atoms with E-state index < -0.39 is 10.0 Å². The lowest BCUT2D eigenvalue weighted by molar-refractivity contribution is 0.102. The zero-order valence-corrected chi connectivity index (χ0v) is 12.4. The Morgan fingerprint density at radius 3 is 2.48 bits per heavy atom. The largest absolute Gasteiger partial charge is 0.322 e. The molecule has 0 aliphatic rings. The molecule has 0 bridgehead atoms. The van der Waals surface area contributed by atoms with Crippen LogP contribution in [0.2, 0.25) is 0 Å². The number of nitrogens with two attached hydrogens (primary N) is 1. The third kappa shape index (κ3) is 3.65. The van der Waals surface area contributed by atoms with Gasteiger partial charge in [0.1, 0.15) is 0 Å². The third-order valence-electron chi connectivity index (χ3n) is 2.91. The zero-order chi connectivity index (χ0) is 15.6. The molecule has 0 saturated heterocycles. The number of hydrogen-bond donors (Lipinski definition) is 2. The van der Waals surface area contributed by atoms with Gasteiger partial charge >= 0.3 is 0 Å². The summed E-state index contributed by atoms with van der Waals surface area (Å²) in [7, 11) is -3.75. The highest BCUT2D eigenvalue weighted by atomic mass is 32.2. The smallest absolute Gasteiger partial charge is 0.257 e. The second kappa shape index (κ2) is 5.63. The molecule has 3 N–H and O–H groups in total. The van der Waals surface area contributed by atoms with Gasteiger partial charge in [0.2, 0.25) is 10.0 Å². The van der Waals surface area contributed by atoms with Gasteiger partial charge in [-0.25, -0.2) is 13.6 Å². The number of aryl methyl sites for hydroxylation is 2. The molecule has 0 aliphatic heterocycles. The first kappa shape index (κ1) is 15.1. The molecule has 0 radical (unpaired) electrons. The molecular formula is C14H15N3O3S. The van der Waals surface area contributed by atoms with Crippen molar-refractivity contribution in [2.75, 3.05) is 5.32 Å². The number of benzene rings is 1. The van der Waals surface area contributed by atoms with Crippen molar-refractivity contribution in [2.45, 2.75) is 18.7 Å². The summed E-state index contributed by atoms with van der Waals surface area (Å²) < 4.78 is 22.5. The summed E-state index contributed by atoms with van der Waals surface area (Å²) >= 11 is 0. The lowest BCUT2D eigenvalue weighted by atomic mass is 10.1. The van der Waals surface area contributed by atoms with E-state index in [1.54, 1.807) is 19.2 Å². The molecule has 0 saturated carbocycles. The summed E-state index contributed by atoms with van der Waals surface area (Å²) in [6, 6.07) is 6.00. The van der Waals surface area contributed by atoms with E-state index in [0.29, 0.717) is 16.8 Å². The maximum absolute atomic E-state index is 12.1. The van der Waals surface area contributed by atoms with Gasteiger partial charge in [-0.3, -0.25) is 9.78 Å². The topological polar surface area (TPSA) is 102 Å². The molecule has 6 nitrogen and oxygen atoms in total. The lowest BCUT2D eigenvalue weighted by Crippen LogP contribution is -2.15. The normalized spacial score (nSPS) is 11.2.